The van der Waals surface area contributed by atoms with Gasteiger partial charge in [0, 0.05) is 29.2 Å². The molecule has 0 saturated heterocycles. The highest BCUT2D eigenvalue weighted by molar-refractivity contribution is 7.98. The Kier molecular flexibility index (Phi) is 6.24. The second-order valence-electron chi connectivity index (χ2n) is 5.04. The standard InChI is InChI=1S/C16H18ClN3O2S/c1-10-13(15(22)20-16(19-10)23-2)7-8-14(21)18-9-11-3-5-12(17)6-4-11/h3-6H,7-9H2,1-2H3,(H,18,21)(H,19,20,22). The molecule has 1 aromatic carbocycles. The van der Waals surface area contributed by atoms with Crippen LogP contribution in [0.25, 0.3) is 0 Å². The van der Waals surface area contributed by atoms with Gasteiger partial charge in [-0.15, -0.1) is 0 Å². The molecule has 5 nitrogen and oxygen atoms in total. The first-order valence-electron chi connectivity index (χ1n) is 7.14. The van der Waals surface area contributed by atoms with Crippen LogP contribution in [0.2, 0.25) is 5.02 Å². The monoisotopic (exact) mass is 351 g/mol. The predicted molar refractivity (Wildman–Crippen MR) is 93.0 cm³/mol. The smallest absolute Gasteiger partial charge is 0.254 e. The van der Waals surface area contributed by atoms with Crippen molar-refractivity contribution in [2.45, 2.75) is 31.5 Å². The number of hydrogen-bond donors (Lipinski definition) is 2. The number of halogens is 1. The SMILES string of the molecule is CSc1nc(C)c(CCC(=O)NCc2ccc(Cl)cc2)c(=O)[nH]1. The number of aromatic amines is 1. The van der Waals surface area contributed by atoms with Gasteiger partial charge in [0.25, 0.3) is 5.56 Å². The lowest BCUT2D eigenvalue weighted by Gasteiger charge is -2.07. The van der Waals surface area contributed by atoms with Crippen LogP contribution in [-0.4, -0.2) is 22.1 Å². The van der Waals surface area contributed by atoms with E-state index in [4.69, 9.17) is 11.6 Å². The van der Waals surface area contributed by atoms with Crippen LogP contribution in [0.1, 0.15) is 23.2 Å². The van der Waals surface area contributed by atoms with Crippen LogP contribution in [-0.2, 0) is 17.8 Å². The summed E-state index contributed by atoms with van der Waals surface area (Å²) in [6, 6.07) is 7.29. The highest BCUT2D eigenvalue weighted by Gasteiger charge is 2.10. The number of carbonyl (C=O) groups is 1. The molecule has 7 heteroatoms. The van der Waals surface area contributed by atoms with E-state index in [-0.39, 0.29) is 17.9 Å². The average molecular weight is 352 g/mol. The largest absolute Gasteiger partial charge is 0.352 e. The number of rotatable bonds is 6. The van der Waals surface area contributed by atoms with Crippen LogP contribution in [0.15, 0.2) is 34.2 Å². The predicted octanol–water partition coefficient (Wildman–Crippen LogP) is 2.70. The average Bonchev–Trinajstić information content (AvgIpc) is 2.53. The molecule has 0 bridgehead atoms. The molecule has 0 radical (unpaired) electrons. The molecule has 0 spiro atoms. The fraction of sp³-hybridized carbons (Fsp3) is 0.312. The highest BCUT2D eigenvalue weighted by Crippen LogP contribution is 2.10. The summed E-state index contributed by atoms with van der Waals surface area (Å²) in [5, 5.41) is 4.08. The molecule has 0 atom stereocenters. The van der Waals surface area contributed by atoms with Crippen LogP contribution in [0.4, 0.5) is 0 Å². The number of aryl methyl sites for hydroxylation is 1. The second kappa shape index (κ2) is 8.17. The molecule has 2 rings (SSSR count). The molecule has 2 aromatic rings. The minimum Gasteiger partial charge on any atom is -0.352 e. The van der Waals surface area contributed by atoms with Crippen molar-refractivity contribution in [2.24, 2.45) is 0 Å². The number of benzene rings is 1. The maximum absolute atomic E-state index is 12.0. The van der Waals surface area contributed by atoms with Gasteiger partial charge in [0.05, 0.1) is 0 Å². The van der Waals surface area contributed by atoms with Gasteiger partial charge in [0.2, 0.25) is 5.91 Å². The molecule has 1 heterocycles. The lowest BCUT2D eigenvalue weighted by atomic mass is 10.1. The minimum absolute atomic E-state index is 0.104. The molecule has 1 aromatic heterocycles. The number of H-pyrrole nitrogens is 1. The lowest BCUT2D eigenvalue weighted by Crippen LogP contribution is -2.25. The Morgan fingerprint density at radius 2 is 2.04 bits per heavy atom. The van der Waals surface area contributed by atoms with Crippen LogP contribution in [0.5, 0.6) is 0 Å². The molecule has 0 aliphatic carbocycles. The van der Waals surface area contributed by atoms with Gasteiger partial charge in [-0.3, -0.25) is 9.59 Å². The molecule has 23 heavy (non-hydrogen) atoms. The van der Waals surface area contributed by atoms with E-state index in [9.17, 15) is 9.59 Å². The molecule has 2 N–H and O–H groups in total. The molecular weight excluding hydrogens is 334 g/mol. The first-order chi connectivity index (χ1) is 11.0. The summed E-state index contributed by atoms with van der Waals surface area (Å²) < 4.78 is 0. The Morgan fingerprint density at radius 1 is 1.35 bits per heavy atom. The normalized spacial score (nSPS) is 10.6. The summed E-state index contributed by atoms with van der Waals surface area (Å²) in [5.41, 5.74) is 2.03. The van der Waals surface area contributed by atoms with Crippen molar-refractivity contribution in [2.75, 3.05) is 6.26 Å². The molecule has 122 valence electrons. The van der Waals surface area contributed by atoms with E-state index in [0.29, 0.717) is 34.4 Å². The third-order valence-electron chi connectivity index (χ3n) is 3.40. The highest BCUT2D eigenvalue weighted by atomic mass is 35.5. The number of aromatic nitrogens is 2. The van der Waals surface area contributed by atoms with Crippen molar-refractivity contribution >= 4 is 29.3 Å². The molecule has 0 aliphatic heterocycles. The Balaban J connectivity index is 1.89. The summed E-state index contributed by atoms with van der Waals surface area (Å²) >= 11 is 7.20. The van der Waals surface area contributed by atoms with Gasteiger partial charge in [-0.2, -0.15) is 0 Å². The van der Waals surface area contributed by atoms with Crippen molar-refractivity contribution in [3.05, 3.63) is 56.5 Å². The van der Waals surface area contributed by atoms with Crippen LogP contribution >= 0.6 is 23.4 Å². The van der Waals surface area contributed by atoms with Crippen molar-refractivity contribution in [3.63, 3.8) is 0 Å². The van der Waals surface area contributed by atoms with Gasteiger partial charge in [0.15, 0.2) is 5.16 Å². The Labute approximate surface area is 143 Å². The number of hydrogen-bond acceptors (Lipinski definition) is 4. The quantitative estimate of drug-likeness (QED) is 0.620. The Bertz CT molecular complexity index is 744. The van der Waals surface area contributed by atoms with Gasteiger partial charge in [-0.05, 0) is 37.3 Å². The van der Waals surface area contributed by atoms with E-state index < -0.39 is 0 Å². The fourth-order valence-electron chi connectivity index (χ4n) is 2.11. The number of thioether (sulfide) groups is 1. The number of carbonyl (C=O) groups excluding carboxylic acids is 1. The molecule has 0 unspecified atom stereocenters. The zero-order chi connectivity index (χ0) is 16.8. The zero-order valence-corrected chi connectivity index (χ0v) is 14.6. The summed E-state index contributed by atoms with van der Waals surface area (Å²) in [6.45, 7) is 2.23. The van der Waals surface area contributed by atoms with E-state index in [2.05, 4.69) is 15.3 Å². The van der Waals surface area contributed by atoms with E-state index >= 15 is 0 Å². The maximum atomic E-state index is 12.0. The lowest BCUT2D eigenvalue weighted by molar-refractivity contribution is -0.121. The molecule has 0 aliphatic rings. The summed E-state index contributed by atoms with van der Waals surface area (Å²) in [7, 11) is 0. The Hall–Kier alpha value is -1.79. The van der Waals surface area contributed by atoms with Gasteiger partial charge < -0.3 is 10.3 Å². The van der Waals surface area contributed by atoms with Crippen molar-refractivity contribution in [3.8, 4) is 0 Å². The summed E-state index contributed by atoms with van der Waals surface area (Å²) in [6.07, 6.45) is 2.47. The van der Waals surface area contributed by atoms with Gasteiger partial charge in [-0.25, -0.2) is 4.98 Å². The van der Waals surface area contributed by atoms with E-state index in [1.165, 1.54) is 11.8 Å². The van der Waals surface area contributed by atoms with Crippen LogP contribution in [0, 0.1) is 6.92 Å². The zero-order valence-electron chi connectivity index (χ0n) is 13.0. The molecule has 0 saturated carbocycles. The topological polar surface area (TPSA) is 74.8 Å². The van der Waals surface area contributed by atoms with Crippen molar-refractivity contribution < 1.29 is 4.79 Å². The van der Waals surface area contributed by atoms with Crippen molar-refractivity contribution in [1.82, 2.24) is 15.3 Å². The van der Waals surface area contributed by atoms with Crippen LogP contribution < -0.4 is 10.9 Å². The van der Waals surface area contributed by atoms with Crippen LogP contribution in [0.3, 0.4) is 0 Å². The van der Waals surface area contributed by atoms with Gasteiger partial charge in [0.1, 0.15) is 0 Å². The van der Waals surface area contributed by atoms with E-state index in [1.807, 2.05) is 18.4 Å². The third-order valence-corrected chi connectivity index (χ3v) is 4.23. The molecule has 1 amide bonds. The second-order valence-corrected chi connectivity index (χ2v) is 6.27. The maximum Gasteiger partial charge on any atom is 0.254 e. The van der Waals surface area contributed by atoms with Gasteiger partial charge in [-0.1, -0.05) is 35.5 Å². The number of nitrogens with one attached hydrogen (secondary N) is 2. The minimum atomic E-state index is -0.174. The molecular formula is C16H18ClN3O2S. The van der Waals surface area contributed by atoms with Gasteiger partial charge >= 0.3 is 0 Å². The molecule has 0 fully saturated rings. The Morgan fingerprint density at radius 3 is 2.65 bits per heavy atom. The summed E-state index contributed by atoms with van der Waals surface area (Å²) in [5.74, 6) is -0.104. The number of amides is 1. The fourth-order valence-corrected chi connectivity index (χ4v) is 2.65. The first-order valence-corrected chi connectivity index (χ1v) is 8.75. The number of nitrogens with zero attached hydrogens (tertiary/aromatic N) is 1. The third kappa shape index (κ3) is 5.11. The van der Waals surface area contributed by atoms with E-state index in [1.54, 1.807) is 19.1 Å². The first kappa shape index (κ1) is 17.6. The van der Waals surface area contributed by atoms with Crippen molar-refractivity contribution in [1.29, 1.82) is 0 Å². The van der Waals surface area contributed by atoms with E-state index in [0.717, 1.165) is 5.56 Å². The summed E-state index contributed by atoms with van der Waals surface area (Å²) in [4.78, 5) is 30.9.